The van der Waals surface area contributed by atoms with Crippen molar-refractivity contribution in [3.05, 3.63) is 45.7 Å². The summed E-state index contributed by atoms with van der Waals surface area (Å²) in [5, 5.41) is 8.98. The van der Waals surface area contributed by atoms with Crippen molar-refractivity contribution in [3.63, 3.8) is 0 Å². The molecule has 0 amide bonds. The lowest BCUT2D eigenvalue weighted by Crippen LogP contribution is -2.34. The van der Waals surface area contributed by atoms with Gasteiger partial charge in [0, 0.05) is 26.8 Å². The first-order chi connectivity index (χ1) is 9.95. The van der Waals surface area contributed by atoms with Gasteiger partial charge in [0.1, 0.15) is 0 Å². The highest BCUT2D eigenvalue weighted by Crippen LogP contribution is 2.30. The standard InChI is InChI=1S/C16H18BrNO2S/c1-11(2)18(10-16(19)20)9-14-6-7-15(21-14)12-4-3-5-13(17)8-12/h3-8,11H,9-10H2,1-2H3,(H,19,20). The van der Waals surface area contributed by atoms with E-state index in [4.69, 9.17) is 5.11 Å². The zero-order chi connectivity index (χ0) is 15.4. The van der Waals surface area contributed by atoms with Crippen LogP contribution in [0.15, 0.2) is 40.9 Å². The lowest BCUT2D eigenvalue weighted by molar-refractivity contribution is -0.138. The van der Waals surface area contributed by atoms with E-state index in [1.165, 1.54) is 15.3 Å². The topological polar surface area (TPSA) is 40.5 Å². The number of carboxylic acids is 1. The van der Waals surface area contributed by atoms with Crippen LogP contribution in [0.5, 0.6) is 0 Å². The van der Waals surface area contributed by atoms with Crippen molar-refractivity contribution in [2.24, 2.45) is 0 Å². The summed E-state index contributed by atoms with van der Waals surface area (Å²) < 4.78 is 1.06. The van der Waals surface area contributed by atoms with Crippen molar-refractivity contribution >= 4 is 33.2 Å². The van der Waals surface area contributed by atoms with E-state index in [-0.39, 0.29) is 12.6 Å². The first-order valence-electron chi connectivity index (χ1n) is 6.76. The minimum atomic E-state index is -0.785. The Balaban J connectivity index is 2.14. The first kappa shape index (κ1) is 16.2. The summed E-state index contributed by atoms with van der Waals surface area (Å²) in [6, 6.07) is 12.6. The Kier molecular flexibility index (Phi) is 5.56. The van der Waals surface area contributed by atoms with Gasteiger partial charge >= 0.3 is 5.97 Å². The number of hydrogen-bond donors (Lipinski definition) is 1. The second-order valence-electron chi connectivity index (χ2n) is 5.17. The Morgan fingerprint density at radius 3 is 2.71 bits per heavy atom. The molecule has 0 unspecified atom stereocenters. The second kappa shape index (κ2) is 7.20. The van der Waals surface area contributed by atoms with Gasteiger partial charge in [0.25, 0.3) is 0 Å². The minimum absolute atomic E-state index is 0.0712. The van der Waals surface area contributed by atoms with Gasteiger partial charge in [-0.15, -0.1) is 11.3 Å². The average molecular weight is 368 g/mol. The van der Waals surface area contributed by atoms with Crippen molar-refractivity contribution < 1.29 is 9.90 Å². The Hall–Kier alpha value is -1.17. The quantitative estimate of drug-likeness (QED) is 0.818. The number of carbonyl (C=O) groups is 1. The molecule has 112 valence electrons. The van der Waals surface area contributed by atoms with Gasteiger partial charge in [0.2, 0.25) is 0 Å². The van der Waals surface area contributed by atoms with Crippen molar-refractivity contribution in [1.29, 1.82) is 0 Å². The minimum Gasteiger partial charge on any atom is -0.480 e. The fraction of sp³-hybridized carbons (Fsp3) is 0.312. The Morgan fingerprint density at radius 1 is 1.33 bits per heavy atom. The molecule has 1 aromatic carbocycles. The van der Waals surface area contributed by atoms with Crippen LogP contribution in [0.1, 0.15) is 18.7 Å². The summed E-state index contributed by atoms with van der Waals surface area (Å²) in [4.78, 5) is 15.3. The third-order valence-corrected chi connectivity index (χ3v) is 4.81. The zero-order valence-corrected chi connectivity index (χ0v) is 14.4. The number of aliphatic carboxylic acids is 1. The first-order valence-corrected chi connectivity index (χ1v) is 8.37. The molecule has 2 aromatic rings. The molecule has 21 heavy (non-hydrogen) atoms. The molecule has 1 heterocycles. The number of halogens is 1. The van der Waals surface area contributed by atoms with E-state index >= 15 is 0 Å². The molecule has 0 saturated carbocycles. The maximum atomic E-state index is 10.9. The Labute approximate surface area is 137 Å². The van der Waals surface area contributed by atoms with Gasteiger partial charge in [-0.3, -0.25) is 9.69 Å². The van der Waals surface area contributed by atoms with Crippen LogP contribution in [0.3, 0.4) is 0 Å². The van der Waals surface area contributed by atoms with E-state index < -0.39 is 5.97 Å². The molecule has 0 aliphatic heterocycles. The Bertz CT molecular complexity index is 624. The van der Waals surface area contributed by atoms with Gasteiger partial charge < -0.3 is 5.11 Å². The number of rotatable bonds is 6. The Morgan fingerprint density at radius 2 is 2.10 bits per heavy atom. The highest BCUT2D eigenvalue weighted by Gasteiger charge is 2.15. The van der Waals surface area contributed by atoms with Crippen molar-refractivity contribution in [2.45, 2.75) is 26.4 Å². The van der Waals surface area contributed by atoms with Gasteiger partial charge in [-0.25, -0.2) is 0 Å². The maximum absolute atomic E-state index is 10.9. The lowest BCUT2D eigenvalue weighted by atomic mass is 10.2. The summed E-state index contributed by atoms with van der Waals surface area (Å²) in [5.41, 5.74) is 1.18. The van der Waals surface area contributed by atoms with Crippen LogP contribution in [-0.4, -0.2) is 28.6 Å². The lowest BCUT2D eigenvalue weighted by Gasteiger charge is -2.23. The highest BCUT2D eigenvalue weighted by atomic mass is 79.9. The van der Waals surface area contributed by atoms with Gasteiger partial charge in [0.05, 0.1) is 6.54 Å². The molecule has 0 bridgehead atoms. The van der Waals surface area contributed by atoms with Gasteiger partial charge in [0.15, 0.2) is 0 Å². The van der Waals surface area contributed by atoms with E-state index in [1.54, 1.807) is 11.3 Å². The summed E-state index contributed by atoms with van der Waals surface area (Å²) in [7, 11) is 0. The summed E-state index contributed by atoms with van der Waals surface area (Å²) in [6.07, 6.45) is 0. The molecule has 0 saturated heterocycles. The van der Waals surface area contributed by atoms with Gasteiger partial charge in [-0.2, -0.15) is 0 Å². The van der Waals surface area contributed by atoms with Crippen LogP contribution in [0.4, 0.5) is 0 Å². The summed E-state index contributed by atoms with van der Waals surface area (Å²) >= 11 is 5.20. The second-order valence-corrected chi connectivity index (χ2v) is 7.25. The molecule has 0 spiro atoms. The van der Waals surface area contributed by atoms with Crippen molar-refractivity contribution in [3.8, 4) is 10.4 Å². The maximum Gasteiger partial charge on any atom is 0.317 e. The predicted octanol–water partition coefficient (Wildman–Crippen LogP) is 4.47. The molecule has 0 aliphatic carbocycles. The smallest absolute Gasteiger partial charge is 0.317 e. The van der Waals surface area contributed by atoms with E-state index in [2.05, 4.69) is 40.2 Å². The molecule has 2 rings (SSSR count). The molecule has 0 fully saturated rings. The summed E-state index contributed by atoms with van der Waals surface area (Å²) in [6.45, 7) is 4.78. The van der Waals surface area contributed by atoms with Crippen LogP contribution in [-0.2, 0) is 11.3 Å². The number of carboxylic acid groups (broad SMARTS) is 1. The van der Waals surface area contributed by atoms with Crippen LogP contribution < -0.4 is 0 Å². The molecular formula is C16H18BrNO2S. The van der Waals surface area contributed by atoms with Gasteiger partial charge in [-0.1, -0.05) is 28.1 Å². The fourth-order valence-corrected chi connectivity index (χ4v) is 3.48. The van der Waals surface area contributed by atoms with Crippen molar-refractivity contribution in [1.82, 2.24) is 4.90 Å². The number of thiophene rings is 1. The van der Waals surface area contributed by atoms with Crippen LogP contribution in [0.2, 0.25) is 0 Å². The largest absolute Gasteiger partial charge is 0.480 e. The highest BCUT2D eigenvalue weighted by molar-refractivity contribution is 9.10. The SMILES string of the molecule is CC(C)N(CC(=O)O)Cc1ccc(-c2cccc(Br)c2)s1. The molecule has 1 aromatic heterocycles. The van der Waals surface area contributed by atoms with E-state index in [0.717, 1.165) is 4.47 Å². The number of benzene rings is 1. The molecular weight excluding hydrogens is 350 g/mol. The molecule has 0 atom stereocenters. The average Bonchev–Trinajstić information content (AvgIpc) is 2.86. The number of nitrogens with zero attached hydrogens (tertiary/aromatic N) is 1. The fourth-order valence-electron chi connectivity index (χ4n) is 2.05. The molecule has 5 heteroatoms. The van der Waals surface area contributed by atoms with Crippen LogP contribution >= 0.6 is 27.3 Å². The predicted molar refractivity (Wildman–Crippen MR) is 90.6 cm³/mol. The molecule has 0 radical (unpaired) electrons. The normalized spacial score (nSPS) is 11.3. The molecule has 0 aliphatic rings. The zero-order valence-electron chi connectivity index (χ0n) is 12.0. The van der Waals surface area contributed by atoms with Crippen molar-refractivity contribution in [2.75, 3.05) is 6.54 Å². The van der Waals surface area contributed by atoms with E-state index in [9.17, 15) is 4.79 Å². The third-order valence-electron chi connectivity index (χ3n) is 3.20. The molecule has 3 nitrogen and oxygen atoms in total. The monoisotopic (exact) mass is 367 g/mol. The van der Waals surface area contributed by atoms with Crippen LogP contribution in [0.25, 0.3) is 10.4 Å². The summed E-state index contributed by atoms with van der Waals surface area (Å²) in [5.74, 6) is -0.785. The molecule has 1 N–H and O–H groups in total. The number of hydrogen-bond acceptors (Lipinski definition) is 3. The third kappa shape index (κ3) is 4.66. The van der Waals surface area contributed by atoms with E-state index in [0.29, 0.717) is 6.54 Å². The van der Waals surface area contributed by atoms with Crippen LogP contribution in [0, 0.1) is 0 Å². The van der Waals surface area contributed by atoms with E-state index in [1.807, 2.05) is 30.9 Å². The van der Waals surface area contributed by atoms with Gasteiger partial charge in [-0.05, 0) is 43.7 Å².